The highest BCUT2D eigenvalue weighted by Gasteiger charge is 2.23. The first kappa shape index (κ1) is 14.9. The number of hydrogen-bond donors (Lipinski definition) is 2. The number of likely N-dealkylation sites (tertiary alicyclic amines) is 1. The van der Waals surface area contributed by atoms with Crippen LogP contribution >= 0.6 is 0 Å². The van der Waals surface area contributed by atoms with Gasteiger partial charge in [0.25, 0.3) is 0 Å². The SMILES string of the molecule is CC(C)OCC(O)CN1CCCCC1CCO. The average Bonchev–Trinajstić information content (AvgIpc) is 2.29. The van der Waals surface area contributed by atoms with E-state index in [2.05, 4.69) is 4.90 Å². The number of ether oxygens (including phenoxy) is 1. The molecule has 0 spiro atoms. The molecule has 17 heavy (non-hydrogen) atoms. The van der Waals surface area contributed by atoms with E-state index in [1.54, 1.807) is 0 Å². The fraction of sp³-hybridized carbons (Fsp3) is 1.00. The summed E-state index contributed by atoms with van der Waals surface area (Å²) >= 11 is 0. The van der Waals surface area contributed by atoms with Crippen LogP contribution < -0.4 is 0 Å². The standard InChI is InChI=1S/C13H27NO3/c1-11(2)17-10-13(16)9-14-7-4-3-5-12(14)6-8-15/h11-13,15-16H,3-10H2,1-2H3. The zero-order valence-electron chi connectivity index (χ0n) is 11.1. The lowest BCUT2D eigenvalue weighted by Crippen LogP contribution is -2.45. The van der Waals surface area contributed by atoms with Crippen LogP contribution in [0.3, 0.4) is 0 Å². The Hall–Kier alpha value is -0.160. The summed E-state index contributed by atoms with van der Waals surface area (Å²) in [4.78, 5) is 2.30. The van der Waals surface area contributed by atoms with Crippen LogP contribution in [0.2, 0.25) is 0 Å². The van der Waals surface area contributed by atoms with Gasteiger partial charge in [-0.05, 0) is 39.7 Å². The highest BCUT2D eigenvalue weighted by Crippen LogP contribution is 2.19. The molecule has 1 heterocycles. The first-order chi connectivity index (χ1) is 8.13. The van der Waals surface area contributed by atoms with E-state index in [1.165, 1.54) is 12.8 Å². The van der Waals surface area contributed by atoms with E-state index in [0.29, 0.717) is 19.2 Å². The van der Waals surface area contributed by atoms with Gasteiger partial charge in [-0.3, -0.25) is 4.90 Å². The molecule has 1 aliphatic heterocycles. The van der Waals surface area contributed by atoms with Crippen molar-refractivity contribution in [3.63, 3.8) is 0 Å². The highest BCUT2D eigenvalue weighted by atomic mass is 16.5. The average molecular weight is 245 g/mol. The summed E-state index contributed by atoms with van der Waals surface area (Å²) < 4.78 is 5.41. The number of β-amino-alcohol motifs (C(OH)–C–C–N with tert-alkyl or cyclic N) is 1. The Labute approximate surface area is 105 Å². The third kappa shape index (κ3) is 5.82. The predicted molar refractivity (Wildman–Crippen MR) is 68.0 cm³/mol. The van der Waals surface area contributed by atoms with Gasteiger partial charge in [-0.25, -0.2) is 0 Å². The Morgan fingerprint density at radius 1 is 1.35 bits per heavy atom. The van der Waals surface area contributed by atoms with Gasteiger partial charge in [-0.15, -0.1) is 0 Å². The molecule has 4 heteroatoms. The normalized spacial score (nSPS) is 24.2. The van der Waals surface area contributed by atoms with Crippen molar-refractivity contribution in [2.24, 2.45) is 0 Å². The zero-order valence-corrected chi connectivity index (χ0v) is 11.1. The monoisotopic (exact) mass is 245 g/mol. The van der Waals surface area contributed by atoms with Crippen LogP contribution in [-0.4, -0.2) is 59.7 Å². The third-order valence-electron chi connectivity index (χ3n) is 3.28. The maximum Gasteiger partial charge on any atom is 0.0900 e. The minimum absolute atomic E-state index is 0.166. The van der Waals surface area contributed by atoms with Crippen molar-refractivity contribution in [3.05, 3.63) is 0 Å². The second-order valence-corrected chi connectivity index (χ2v) is 5.19. The molecular weight excluding hydrogens is 218 g/mol. The van der Waals surface area contributed by atoms with Crippen molar-refractivity contribution in [2.45, 2.75) is 57.8 Å². The van der Waals surface area contributed by atoms with Crippen molar-refractivity contribution >= 4 is 0 Å². The number of aliphatic hydroxyl groups excluding tert-OH is 2. The van der Waals surface area contributed by atoms with E-state index in [-0.39, 0.29) is 12.7 Å². The van der Waals surface area contributed by atoms with E-state index < -0.39 is 6.10 Å². The van der Waals surface area contributed by atoms with Crippen LogP contribution in [0.1, 0.15) is 39.5 Å². The second kappa shape index (κ2) is 8.03. The maximum absolute atomic E-state index is 9.91. The molecule has 0 bridgehead atoms. The lowest BCUT2D eigenvalue weighted by atomic mass is 9.99. The summed E-state index contributed by atoms with van der Waals surface area (Å²) in [6, 6.07) is 0.433. The van der Waals surface area contributed by atoms with Crippen LogP contribution in [-0.2, 0) is 4.74 Å². The van der Waals surface area contributed by atoms with Gasteiger partial charge in [0.1, 0.15) is 0 Å². The lowest BCUT2D eigenvalue weighted by molar-refractivity contribution is -0.0203. The maximum atomic E-state index is 9.91. The van der Waals surface area contributed by atoms with Gasteiger partial charge in [-0.2, -0.15) is 0 Å². The summed E-state index contributed by atoms with van der Waals surface area (Å²) in [7, 11) is 0. The molecule has 4 nitrogen and oxygen atoms in total. The van der Waals surface area contributed by atoms with Crippen LogP contribution in [0.4, 0.5) is 0 Å². The van der Waals surface area contributed by atoms with Crippen LogP contribution in [0.5, 0.6) is 0 Å². The largest absolute Gasteiger partial charge is 0.396 e. The van der Waals surface area contributed by atoms with Gasteiger partial charge in [0.2, 0.25) is 0 Å². The number of hydrogen-bond acceptors (Lipinski definition) is 4. The molecule has 1 aliphatic rings. The number of piperidine rings is 1. The van der Waals surface area contributed by atoms with Crippen molar-refractivity contribution in [2.75, 3.05) is 26.3 Å². The molecule has 1 rings (SSSR count). The van der Waals surface area contributed by atoms with E-state index in [0.717, 1.165) is 19.4 Å². The molecule has 2 unspecified atom stereocenters. The Morgan fingerprint density at radius 3 is 2.76 bits per heavy atom. The van der Waals surface area contributed by atoms with Gasteiger partial charge < -0.3 is 14.9 Å². The molecule has 1 fully saturated rings. The zero-order chi connectivity index (χ0) is 12.7. The molecule has 0 aromatic heterocycles. The first-order valence-electron chi connectivity index (χ1n) is 6.78. The van der Waals surface area contributed by atoms with Gasteiger partial charge in [0, 0.05) is 19.2 Å². The molecule has 0 aromatic carbocycles. The Bertz CT molecular complexity index is 197. The molecule has 0 amide bonds. The van der Waals surface area contributed by atoms with Crippen LogP contribution in [0.15, 0.2) is 0 Å². The van der Waals surface area contributed by atoms with Gasteiger partial charge in [0.05, 0.1) is 18.8 Å². The van der Waals surface area contributed by atoms with Gasteiger partial charge >= 0.3 is 0 Å². The fourth-order valence-electron chi connectivity index (χ4n) is 2.40. The van der Waals surface area contributed by atoms with Crippen molar-refractivity contribution in [3.8, 4) is 0 Å². The number of aliphatic hydroxyl groups is 2. The van der Waals surface area contributed by atoms with Crippen LogP contribution in [0.25, 0.3) is 0 Å². The van der Waals surface area contributed by atoms with Crippen molar-refractivity contribution in [1.82, 2.24) is 4.90 Å². The molecule has 0 radical (unpaired) electrons. The highest BCUT2D eigenvalue weighted by molar-refractivity contribution is 4.78. The number of nitrogens with zero attached hydrogens (tertiary/aromatic N) is 1. The predicted octanol–water partition coefficient (Wildman–Crippen LogP) is 1.01. The summed E-state index contributed by atoms with van der Waals surface area (Å²) in [5, 5.41) is 18.9. The molecule has 2 atom stereocenters. The van der Waals surface area contributed by atoms with Gasteiger partial charge in [0.15, 0.2) is 0 Å². The van der Waals surface area contributed by atoms with Crippen molar-refractivity contribution in [1.29, 1.82) is 0 Å². The third-order valence-corrected chi connectivity index (χ3v) is 3.28. The van der Waals surface area contributed by atoms with Gasteiger partial charge in [-0.1, -0.05) is 6.42 Å². The Morgan fingerprint density at radius 2 is 2.12 bits per heavy atom. The van der Waals surface area contributed by atoms with E-state index in [9.17, 15) is 5.11 Å². The minimum atomic E-state index is -0.420. The number of rotatable bonds is 7. The lowest BCUT2D eigenvalue weighted by Gasteiger charge is -2.36. The molecule has 0 aromatic rings. The van der Waals surface area contributed by atoms with E-state index in [4.69, 9.17) is 9.84 Å². The van der Waals surface area contributed by atoms with E-state index in [1.807, 2.05) is 13.8 Å². The smallest absolute Gasteiger partial charge is 0.0900 e. The Balaban J connectivity index is 2.30. The molecule has 1 saturated heterocycles. The molecular formula is C13H27NO3. The first-order valence-corrected chi connectivity index (χ1v) is 6.78. The molecule has 2 N–H and O–H groups in total. The summed E-state index contributed by atoms with van der Waals surface area (Å²) in [5.74, 6) is 0. The molecule has 0 aliphatic carbocycles. The van der Waals surface area contributed by atoms with Crippen LogP contribution in [0, 0.1) is 0 Å². The summed E-state index contributed by atoms with van der Waals surface area (Å²) in [5.41, 5.74) is 0. The summed E-state index contributed by atoms with van der Waals surface area (Å²) in [6.45, 7) is 6.28. The molecule has 102 valence electrons. The Kier molecular flexibility index (Phi) is 7.04. The minimum Gasteiger partial charge on any atom is -0.396 e. The van der Waals surface area contributed by atoms with E-state index >= 15 is 0 Å². The topological polar surface area (TPSA) is 52.9 Å². The fourth-order valence-corrected chi connectivity index (χ4v) is 2.40. The van der Waals surface area contributed by atoms with Crippen molar-refractivity contribution < 1.29 is 14.9 Å². The second-order valence-electron chi connectivity index (χ2n) is 5.19. The quantitative estimate of drug-likeness (QED) is 0.703. The molecule has 0 saturated carbocycles. The summed E-state index contributed by atoms with van der Waals surface area (Å²) in [6.07, 6.45) is 4.13.